The SMILES string of the molecule is CCC1CN(C(=O)c2cc(F)cnc2N)CCO1. The molecule has 2 heterocycles. The molecule has 0 radical (unpaired) electrons. The van der Waals surface area contributed by atoms with Crippen LogP contribution in [0, 0.1) is 5.82 Å². The molecule has 98 valence electrons. The largest absolute Gasteiger partial charge is 0.383 e. The van der Waals surface area contributed by atoms with Crippen molar-refractivity contribution in [2.75, 3.05) is 25.4 Å². The van der Waals surface area contributed by atoms with Gasteiger partial charge >= 0.3 is 0 Å². The number of halogens is 1. The third-order valence-electron chi connectivity index (χ3n) is 3.00. The summed E-state index contributed by atoms with van der Waals surface area (Å²) in [4.78, 5) is 17.5. The van der Waals surface area contributed by atoms with Gasteiger partial charge in [-0.05, 0) is 12.5 Å². The van der Waals surface area contributed by atoms with Gasteiger partial charge in [0.05, 0.1) is 24.5 Å². The Morgan fingerprint density at radius 2 is 2.50 bits per heavy atom. The molecular formula is C12H16FN3O2. The lowest BCUT2D eigenvalue weighted by atomic mass is 10.1. The minimum atomic E-state index is -0.562. The zero-order chi connectivity index (χ0) is 13.1. The monoisotopic (exact) mass is 253 g/mol. The number of nitrogen functional groups attached to an aromatic ring is 1. The van der Waals surface area contributed by atoms with Gasteiger partial charge in [0.1, 0.15) is 11.6 Å². The predicted octanol–water partition coefficient (Wildman–Crippen LogP) is 1.05. The maximum Gasteiger partial charge on any atom is 0.257 e. The fourth-order valence-electron chi connectivity index (χ4n) is 1.94. The van der Waals surface area contributed by atoms with Crippen LogP contribution in [0.5, 0.6) is 0 Å². The van der Waals surface area contributed by atoms with E-state index in [1.807, 2.05) is 6.92 Å². The van der Waals surface area contributed by atoms with Crippen molar-refractivity contribution >= 4 is 11.7 Å². The van der Waals surface area contributed by atoms with E-state index in [1.165, 1.54) is 0 Å². The number of nitrogens with two attached hydrogens (primary N) is 1. The Bertz CT molecular complexity index is 453. The molecule has 1 amide bonds. The van der Waals surface area contributed by atoms with Crippen molar-refractivity contribution in [1.82, 2.24) is 9.88 Å². The number of amides is 1. The number of hydrogen-bond acceptors (Lipinski definition) is 4. The highest BCUT2D eigenvalue weighted by atomic mass is 19.1. The molecule has 1 aromatic heterocycles. The van der Waals surface area contributed by atoms with Crippen molar-refractivity contribution in [2.45, 2.75) is 19.4 Å². The zero-order valence-electron chi connectivity index (χ0n) is 10.2. The third kappa shape index (κ3) is 2.59. The van der Waals surface area contributed by atoms with Crippen molar-refractivity contribution in [3.05, 3.63) is 23.6 Å². The summed E-state index contributed by atoms with van der Waals surface area (Å²) in [5.74, 6) is -0.796. The molecule has 5 nitrogen and oxygen atoms in total. The maximum atomic E-state index is 13.1. The van der Waals surface area contributed by atoms with Crippen LogP contribution < -0.4 is 5.73 Å². The van der Waals surface area contributed by atoms with Crippen LogP contribution in [-0.4, -0.2) is 41.6 Å². The quantitative estimate of drug-likeness (QED) is 0.855. The molecule has 6 heteroatoms. The van der Waals surface area contributed by atoms with Crippen LogP contribution in [-0.2, 0) is 4.74 Å². The highest BCUT2D eigenvalue weighted by Gasteiger charge is 2.25. The number of morpholine rings is 1. The van der Waals surface area contributed by atoms with Crippen LogP contribution in [0.2, 0.25) is 0 Å². The topological polar surface area (TPSA) is 68.5 Å². The lowest BCUT2D eigenvalue weighted by Crippen LogP contribution is -2.45. The maximum absolute atomic E-state index is 13.1. The van der Waals surface area contributed by atoms with Gasteiger partial charge in [-0.1, -0.05) is 6.92 Å². The first-order valence-corrected chi connectivity index (χ1v) is 5.93. The van der Waals surface area contributed by atoms with Crippen molar-refractivity contribution in [2.24, 2.45) is 0 Å². The predicted molar refractivity (Wildman–Crippen MR) is 64.5 cm³/mol. The highest BCUT2D eigenvalue weighted by Crippen LogP contribution is 2.16. The molecule has 1 fully saturated rings. The minimum absolute atomic E-state index is 0.0328. The van der Waals surface area contributed by atoms with Crippen molar-refractivity contribution < 1.29 is 13.9 Å². The normalized spacial score (nSPS) is 19.9. The van der Waals surface area contributed by atoms with Crippen molar-refractivity contribution in [3.63, 3.8) is 0 Å². The second-order valence-electron chi connectivity index (χ2n) is 4.24. The fourth-order valence-corrected chi connectivity index (χ4v) is 1.94. The van der Waals surface area contributed by atoms with Crippen LogP contribution in [0.3, 0.4) is 0 Å². The number of carbonyl (C=O) groups is 1. The average molecular weight is 253 g/mol. The molecule has 0 saturated carbocycles. The van der Waals surface area contributed by atoms with Gasteiger partial charge in [-0.2, -0.15) is 0 Å². The molecule has 0 spiro atoms. The van der Waals surface area contributed by atoms with Gasteiger partial charge in [-0.15, -0.1) is 0 Å². The molecule has 1 unspecified atom stereocenters. The number of pyridine rings is 1. The number of ether oxygens (including phenoxy) is 1. The van der Waals surface area contributed by atoms with Crippen LogP contribution in [0.25, 0.3) is 0 Å². The summed E-state index contributed by atoms with van der Waals surface area (Å²) in [5, 5.41) is 0. The molecule has 2 N–H and O–H groups in total. The molecule has 18 heavy (non-hydrogen) atoms. The molecule has 2 rings (SSSR count). The summed E-state index contributed by atoms with van der Waals surface area (Å²) in [6, 6.07) is 1.13. The van der Waals surface area contributed by atoms with E-state index in [-0.39, 0.29) is 23.4 Å². The summed E-state index contributed by atoms with van der Waals surface area (Å²) < 4.78 is 18.6. The molecule has 1 saturated heterocycles. The van der Waals surface area contributed by atoms with Gasteiger partial charge < -0.3 is 15.4 Å². The van der Waals surface area contributed by atoms with Gasteiger partial charge in [0.25, 0.3) is 5.91 Å². The first-order chi connectivity index (χ1) is 8.61. The van der Waals surface area contributed by atoms with Gasteiger partial charge in [0.2, 0.25) is 0 Å². The van der Waals surface area contributed by atoms with E-state index in [1.54, 1.807) is 4.90 Å². The Balaban J connectivity index is 2.17. The Morgan fingerprint density at radius 1 is 1.72 bits per heavy atom. The molecule has 0 aromatic carbocycles. The number of rotatable bonds is 2. The minimum Gasteiger partial charge on any atom is -0.383 e. The third-order valence-corrected chi connectivity index (χ3v) is 3.00. The van der Waals surface area contributed by atoms with E-state index < -0.39 is 5.82 Å². The smallest absolute Gasteiger partial charge is 0.257 e. The first-order valence-electron chi connectivity index (χ1n) is 5.93. The lowest BCUT2D eigenvalue weighted by Gasteiger charge is -2.32. The van der Waals surface area contributed by atoms with Crippen LogP contribution in [0.1, 0.15) is 23.7 Å². The summed E-state index contributed by atoms with van der Waals surface area (Å²) in [6.07, 6.45) is 1.87. The number of carbonyl (C=O) groups excluding carboxylic acids is 1. The highest BCUT2D eigenvalue weighted by molar-refractivity contribution is 5.98. The number of aromatic nitrogens is 1. The molecule has 1 atom stereocenters. The molecular weight excluding hydrogens is 237 g/mol. The Hall–Kier alpha value is -1.69. The Kier molecular flexibility index (Phi) is 3.76. The van der Waals surface area contributed by atoms with E-state index in [2.05, 4.69) is 4.98 Å². The molecule has 0 bridgehead atoms. The number of hydrogen-bond donors (Lipinski definition) is 1. The molecule has 1 aliphatic rings. The number of anilines is 1. The van der Waals surface area contributed by atoms with Crippen LogP contribution >= 0.6 is 0 Å². The Labute approximate surface area is 105 Å². The van der Waals surface area contributed by atoms with E-state index in [0.29, 0.717) is 19.7 Å². The lowest BCUT2D eigenvalue weighted by molar-refractivity contribution is -0.0226. The van der Waals surface area contributed by atoms with E-state index in [9.17, 15) is 9.18 Å². The number of nitrogens with zero attached hydrogens (tertiary/aromatic N) is 2. The summed E-state index contributed by atoms with van der Waals surface area (Å²) in [5.41, 5.74) is 5.73. The molecule has 0 aliphatic carbocycles. The van der Waals surface area contributed by atoms with E-state index in [4.69, 9.17) is 10.5 Å². The summed E-state index contributed by atoms with van der Waals surface area (Å²) in [7, 11) is 0. The average Bonchev–Trinajstić information content (AvgIpc) is 2.41. The Morgan fingerprint density at radius 3 is 3.22 bits per heavy atom. The second kappa shape index (κ2) is 5.30. The standard InChI is InChI=1S/C12H16FN3O2/c1-2-9-7-16(3-4-18-9)12(17)10-5-8(13)6-15-11(10)14/h5-6,9H,2-4,7H2,1H3,(H2,14,15). The molecule has 1 aromatic rings. The van der Waals surface area contributed by atoms with Gasteiger partial charge in [-0.3, -0.25) is 4.79 Å². The van der Waals surface area contributed by atoms with Gasteiger partial charge in [-0.25, -0.2) is 9.37 Å². The van der Waals surface area contributed by atoms with E-state index in [0.717, 1.165) is 18.7 Å². The zero-order valence-corrected chi connectivity index (χ0v) is 10.2. The van der Waals surface area contributed by atoms with Crippen LogP contribution in [0.15, 0.2) is 12.3 Å². The first kappa shape index (κ1) is 12.8. The van der Waals surface area contributed by atoms with Gasteiger partial charge in [0, 0.05) is 13.1 Å². The second-order valence-corrected chi connectivity index (χ2v) is 4.24. The van der Waals surface area contributed by atoms with Gasteiger partial charge in [0.15, 0.2) is 0 Å². The van der Waals surface area contributed by atoms with Crippen LogP contribution in [0.4, 0.5) is 10.2 Å². The molecule has 1 aliphatic heterocycles. The summed E-state index contributed by atoms with van der Waals surface area (Å²) in [6.45, 7) is 3.49. The van der Waals surface area contributed by atoms with E-state index >= 15 is 0 Å². The summed E-state index contributed by atoms with van der Waals surface area (Å²) >= 11 is 0. The van der Waals surface area contributed by atoms with Crippen molar-refractivity contribution in [3.8, 4) is 0 Å². The fraction of sp³-hybridized carbons (Fsp3) is 0.500. The van der Waals surface area contributed by atoms with Crippen molar-refractivity contribution in [1.29, 1.82) is 0 Å².